The number of carboxylic acid groups (broad SMARTS) is 1. The SMILES string of the molecule is CCCCCCC/C=N/NC(=O)CCCCCCC(=O)O. The van der Waals surface area contributed by atoms with Gasteiger partial charge in [-0.1, -0.05) is 45.4 Å². The molecule has 0 aromatic rings. The molecule has 0 aliphatic carbocycles. The Bertz CT molecular complexity index is 304. The van der Waals surface area contributed by atoms with Crippen LogP contribution in [-0.2, 0) is 9.59 Å². The number of unbranched alkanes of at least 4 members (excludes halogenated alkanes) is 8. The van der Waals surface area contributed by atoms with Crippen molar-refractivity contribution >= 4 is 18.1 Å². The molecule has 122 valence electrons. The lowest BCUT2D eigenvalue weighted by molar-refractivity contribution is -0.137. The molecule has 0 aromatic carbocycles. The number of hydrazone groups is 1. The second-order valence-corrected chi connectivity index (χ2v) is 5.36. The van der Waals surface area contributed by atoms with E-state index in [1.54, 1.807) is 6.21 Å². The summed E-state index contributed by atoms with van der Waals surface area (Å²) in [7, 11) is 0. The van der Waals surface area contributed by atoms with Crippen LogP contribution in [0.3, 0.4) is 0 Å². The molecule has 0 saturated carbocycles. The van der Waals surface area contributed by atoms with E-state index >= 15 is 0 Å². The average Bonchev–Trinajstić information content (AvgIpc) is 2.45. The molecular weight excluding hydrogens is 268 g/mol. The topological polar surface area (TPSA) is 78.8 Å². The lowest BCUT2D eigenvalue weighted by Crippen LogP contribution is -2.16. The summed E-state index contributed by atoms with van der Waals surface area (Å²) in [6.45, 7) is 2.20. The van der Waals surface area contributed by atoms with Crippen LogP contribution < -0.4 is 5.43 Å². The molecule has 5 nitrogen and oxygen atoms in total. The minimum atomic E-state index is -0.753. The molecule has 0 rings (SSSR count). The third kappa shape index (κ3) is 16.6. The van der Waals surface area contributed by atoms with E-state index in [4.69, 9.17) is 5.11 Å². The summed E-state index contributed by atoms with van der Waals surface area (Å²) < 4.78 is 0. The van der Waals surface area contributed by atoms with E-state index in [9.17, 15) is 9.59 Å². The van der Waals surface area contributed by atoms with Crippen LogP contribution in [0.15, 0.2) is 5.10 Å². The zero-order valence-electron chi connectivity index (χ0n) is 13.3. The number of carboxylic acids is 1. The summed E-state index contributed by atoms with van der Waals surface area (Å²) >= 11 is 0. The van der Waals surface area contributed by atoms with E-state index in [2.05, 4.69) is 17.5 Å². The molecule has 0 aliphatic heterocycles. The van der Waals surface area contributed by atoms with Crippen LogP contribution in [0, 0.1) is 0 Å². The van der Waals surface area contributed by atoms with Gasteiger partial charge in [0.15, 0.2) is 0 Å². The Labute approximate surface area is 128 Å². The van der Waals surface area contributed by atoms with E-state index in [1.807, 2.05) is 0 Å². The number of rotatable bonds is 14. The maximum Gasteiger partial charge on any atom is 0.303 e. The number of aliphatic carboxylic acids is 1. The Balaban J connectivity index is 3.31. The molecule has 0 aromatic heterocycles. The summed E-state index contributed by atoms with van der Waals surface area (Å²) in [5, 5.41) is 12.4. The fourth-order valence-corrected chi connectivity index (χ4v) is 1.99. The Hall–Kier alpha value is -1.39. The van der Waals surface area contributed by atoms with E-state index in [1.165, 1.54) is 25.7 Å². The Kier molecular flexibility index (Phi) is 14.0. The second-order valence-electron chi connectivity index (χ2n) is 5.36. The van der Waals surface area contributed by atoms with Gasteiger partial charge in [0, 0.05) is 19.1 Å². The van der Waals surface area contributed by atoms with Crippen molar-refractivity contribution in [1.29, 1.82) is 0 Å². The van der Waals surface area contributed by atoms with Gasteiger partial charge in [0.1, 0.15) is 0 Å². The Morgan fingerprint density at radius 1 is 0.952 bits per heavy atom. The van der Waals surface area contributed by atoms with Gasteiger partial charge in [-0.15, -0.1) is 0 Å². The first-order valence-corrected chi connectivity index (χ1v) is 8.19. The molecule has 0 spiro atoms. The number of nitrogens with one attached hydrogen (secondary N) is 1. The van der Waals surface area contributed by atoms with Crippen LogP contribution >= 0.6 is 0 Å². The smallest absolute Gasteiger partial charge is 0.303 e. The maximum atomic E-state index is 11.4. The largest absolute Gasteiger partial charge is 0.481 e. The first kappa shape index (κ1) is 19.6. The van der Waals surface area contributed by atoms with Gasteiger partial charge in [-0.2, -0.15) is 5.10 Å². The molecule has 0 heterocycles. The van der Waals surface area contributed by atoms with Crippen LogP contribution in [0.2, 0.25) is 0 Å². The zero-order chi connectivity index (χ0) is 15.8. The molecule has 0 radical (unpaired) electrons. The minimum Gasteiger partial charge on any atom is -0.481 e. The van der Waals surface area contributed by atoms with Crippen LogP contribution in [-0.4, -0.2) is 23.2 Å². The van der Waals surface area contributed by atoms with E-state index in [-0.39, 0.29) is 12.3 Å². The number of nitrogens with zero attached hydrogens (tertiary/aromatic N) is 1. The summed E-state index contributed by atoms with van der Waals surface area (Å²) in [4.78, 5) is 21.7. The van der Waals surface area contributed by atoms with Crippen LogP contribution in [0.5, 0.6) is 0 Å². The van der Waals surface area contributed by atoms with Crippen LogP contribution in [0.4, 0.5) is 0 Å². The summed E-state index contributed by atoms with van der Waals surface area (Å²) in [5.41, 5.74) is 2.53. The number of hydrogen-bond acceptors (Lipinski definition) is 3. The van der Waals surface area contributed by atoms with Crippen molar-refractivity contribution in [2.45, 2.75) is 84.0 Å². The average molecular weight is 298 g/mol. The first-order valence-electron chi connectivity index (χ1n) is 8.19. The van der Waals surface area contributed by atoms with Crippen molar-refractivity contribution in [3.8, 4) is 0 Å². The number of carbonyl (C=O) groups excluding carboxylic acids is 1. The highest BCUT2D eigenvalue weighted by molar-refractivity contribution is 5.76. The highest BCUT2D eigenvalue weighted by atomic mass is 16.4. The summed E-state index contributed by atoms with van der Waals surface area (Å²) in [6.07, 6.45) is 12.8. The normalized spacial score (nSPS) is 10.9. The van der Waals surface area contributed by atoms with E-state index in [0.29, 0.717) is 12.8 Å². The van der Waals surface area contributed by atoms with Gasteiger partial charge in [0.25, 0.3) is 0 Å². The van der Waals surface area contributed by atoms with Gasteiger partial charge < -0.3 is 5.11 Å². The second kappa shape index (κ2) is 15.0. The van der Waals surface area contributed by atoms with Crippen molar-refractivity contribution in [1.82, 2.24) is 5.43 Å². The highest BCUT2D eigenvalue weighted by Gasteiger charge is 2.00. The van der Waals surface area contributed by atoms with Crippen molar-refractivity contribution in [2.75, 3.05) is 0 Å². The van der Waals surface area contributed by atoms with Crippen LogP contribution in [0.25, 0.3) is 0 Å². The highest BCUT2D eigenvalue weighted by Crippen LogP contribution is 2.05. The lowest BCUT2D eigenvalue weighted by atomic mass is 10.1. The molecular formula is C16H30N2O3. The fourth-order valence-electron chi connectivity index (χ4n) is 1.99. The third-order valence-corrected chi connectivity index (χ3v) is 3.26. The molecule has 2 N–H and O–H groups in total. The fraction of sp³-hybridized carbons (Fsp3) is 0.812. The zero-order valence-corrected chi connectivity index (χ0v) is 13.3. The molecule has 5 heteroatoms. The van der Waals surface area contributed by atoms with Crippen molar-refractivity contribution < 1.29 is 14.7 Å². The van der Waals surface area contributed by atoms with Gasteiger partial charge in [-0.3, -0.25) is 9.59 Å². The van der Waals surface area contributed by atoms with Gasteiger partial charge in [0.2, 0.25) is 5.91 Å². The monoisotopic (exact) mass is 298 g/mol. The summed E-state index contributed by atoms with van der Waals surface area (Å²) in [5.74, 6) is -0.813. The standard InChI is InChI=1S/C16H30N2O3/c1-2-3-4-5-8-11-14-17-18-15(19)12-9-6-7-10-13-16(20)21/h14H,2-13H2,1H3,(H,18,19)(H,20,21)/b17-14+. The lowest BCUT2D eigenvalue weighted by Gasteiger charge is -2.00. The Morgan fingerprint density at radius 2 is 1.57 bits per heavy atom. The first-order chi connectivity index (χ1) is 10.2. The molecule has 0 unspecified atom stereocenters. The molecule has 21 heavy (non-hydrogen) atoms. The van der Waals surface area contributed by atoms with Gasteiger partial charge in [-0.05, 0) is 25.7 Å². The number of hydrogen-bond donors (Lipinski definition) is 2. The number of carbonyl (C=O) groups is 2. The van der Waals surface area contributed by atoms with Crippen molar-refractivity contribution in [3.63, 3.8) is 0 Å². The molecule has 0 saturated heterocycles. The molecule has 0 bridgehead atoms. The van der Waals surface area contributed by atoms with E-state index < -0.39 is 5.97 Å². The predicted octanol–water partition coefficient (Wildman–Crippen LogP) is 3.87. The minimum absolute atomic E-state index is 0.0598. The van der Waals surface area contributed by atoms with Gasteiger partial charge >= 0.3 is 5.97 Å². The molecule has 0 aliphatic rings. The van der Waals surface area contributed by atoms with Gasteiger partial charge in [-0.25, -0.2) is 5.43 Å². The van der Waals surface area contributed by atoms with Crippen molar-refractivity contribution in [3.05, 3.63) is 0 Å². The van der Waals surface area contributed by atoms with Gasteiger partial charge in [0.05, 0.1) is 0 Å². The molecule has 0 fully saturated rings. The maximum absolute atomic E-state index is 11.4. The summed E-state index contributed by atoms with van der Waals surface area (Å²) in [6, 6.07) is 0. The van der Waals surface area contributed by atoms with E-state index in [0.717, 1.165) is 32.1 Å². The molecule has 1 amide bonds. The Morgan fingerprint density at radius 3 is 2.24 bits per heavy atom. The van der Waals surface area contributed by atoms with Crippen molar-refractivity contribution in [2.24, 2.45) is 5.10 Å². The third-order valence-electron chi connectivity index (χ3n) is 3.26. The molecule has 0 atom stereocenters. The quantitative estimate of drug-likeness (QED) is 0.290. The number of amides is 1. The predicted molar refractivity (Wildman–Crippen MR) is 85.3 cm³/mol. The van der Waals surface area contributed by atoms with Crippen LogP contribution in [0.1, 0.15) is 84.0 Å².